The van der Waals surface area contributed by atoms with Gasteiger partial charge in [-0.1, -0.05) is 0 Å². The van der Waals surface area contributed by atoms with E-state index < -0.39 is 22.6 Å². The Kier molecular flexibility index (Phi) is 4.85. The normalized spacial score (nSPS) is 10.7. The summed E-state index contributed by atoms with van der Waals surface area (Å²) in [6, 6.07) is 3.42. The summed E-state index contributed by atoms with van der Waals surface area (Å²) in [5, 5.41) is 13.1. The first kappa shape index (κ1) is 16.4. The fourth-order valence-electron chi connectivity index (χ4n) is 1.45. The first-order chi connectivity index (χ1) is 9.64. The van der Waals surface area contributed by atoms with Gasteiger partial charge in [0.25, 0.3) is 5.69 Å². The molecular formula is C13H16N2O6. The highest BCUT2D eigenvalue weighted by atomic mass is 16.6. The van der Waals surface area contributed by atoms with Crippen LogP contribution in [0.4, 0.5) is 16.2 Å². The molecule has 0 saturated heterocycles. The maximum atomic E-state index is 11.7. The predicted molar refractivity (Wildman–Crippen MR) is 74.3 cm³/mol. The topological polar surface area (TPSA) is 108 Å². The molecule has 0 aliphatic heterocycles. The maximum Gasteiger partial charge on any atom is 0.412 e. The number of nitro groups is 1. The molecule has 0 saturated carbocycles. The molecule has 0 radical (unpaired) electrons. The van der Waals surface area contributed by atoms with E-state index in [4.69, 9.17) is 4.74 Å². The van der Waals surface area contributed by atoms with Crippen molar-refractivity contribution < 1.29 is 24.0 Å². The van der Waals surface area contributed by atoms with Crippen LogP contribution in [0.3, 0.4) is 0 Å². The highest BCUT2D eigenvalue weighted by Gasteiger charge is 2.21. The number of benzene rings is 1. The van der Waals surface area contributed by atoms with Crippen molar-refractivity contribution in [1.82, 2.24) is 0 Å². The summed E-state index contributed by atoms with van der Waals surface area (Å²) in [5.41, 5.74) is -1.07. The van der Waals surface area contributed by atoms with Gasteiger partial charge in [0, 0.05) is 12.1 Å². The monoisotopic (exact) mass is 296 g/mol. The molecule has 1 amide bonds. The lowest BCUT2D eigenvalue weighted by atomic mass is 10.1. The van der Waals surface area contributed by atoms with Crippen molar-refractivity contribution in [2.24, 2.45) is 0 Å². The molecule has 1 N–H and O–H groups in total. The zero-order valence-electron chi connectivity index (χ0n) is 12.1. The third-order valence-corrected chi connectivity index (χ3v) is 2.25. The molecule has 0 aromatic heterocycles. The summed E-state index contributed by atoms with van der Waals surface area (Å²) < 4.78 is 9.60. The highest BCUT2D eigenvalue weighted by molar-refractivity contribution is 6.00. The van der Waals surface area contributed by atoms with E-state index in [0.717, 1.165) is 12.1 Å². The Balaban J connectivity index is 3.12. The molecular weight excluding hydrogens is 280 g/mol. The van der Waals surface area contributed by atoms with E-state index in [2.05, 4.69) is 10.1 Å². The quantitative estimate of drug-likeness (QED) is 0.522. The Morgan fingerprint density at radius 3 is 2.38 bits per heavy atom. The van der Waals surface area contributed by atoms with Crippen LogP contribution in [0.15, 0.2) is 18.2 Å². The van der Waals surface area contributed by atoms with Crippen molar-refractivity contribution in [3.05, 3.63) is 33.9 Å². The fraction of sp³-hybridized carbons (Fsp3) is 0.385. The van der Waals surface area contributed by atoms with Gasteiger partial charge in [0.1, 0.15) is 5.60 Å². The summed E-state index contributed by atoms with van der Waals surface area (Å²) in [4.78, 5) is 33.4. The molecule has 1 aromatic rings. The molecule has 1 rings (SSSR count). The van der Waals surface area contributed by atoms with Crippen LogP contribution in [0.2, 0.25) is 0 Å². The van der Waals surface area contributed by atoms with E-state index in [1.54, 1.807) is 20.8 Å². The molecule has 1 aromatic carbocycles. The molecule has 0 aliphatic carbocycles. The molecule has 0 aliphatic rings. The number of hydrogen-bond donors (Lipinski definition) is 1. The number of anilines is 1. The highest BCUT2D eigenvalue weighted by Crippen LogP contribution is 2.24. The lowest BCUT2D eigenvalue weighted by molar-refractivity contribution is -0.384. The zero-order chi connectivity index (χ0) is 16.2. The van der Waals surface area contributed by atoms with Crippen LogP contribution in [0.1, 0.15) is 31.1 Å². The number of hydrogen-bond acceptors (Lipinski definition) is 6. The summed E-state index contributed by atoms with van der Waals surface area (Å²) >= 11 is 0. The number of esters is 1. The van der Waals surface area contributed by atoms with E-state index in [9.17, 15) is 19.7 Å². The number of nitro benzene ring substituents is 1. The molecule has 8 nitrogen and oxygen atoms in total. The number of carbonyl (C=O) groups is 2. The summed E-state index contributed by atoms with van der Waals surface area (Å²) in [6.07, 6.45) is -0.826. The predicted octanol–water partition coefficient (Wildman–Crippen LogP) is 2.73. The molecule has 21 heavy (non-hydrogen) atoms. The van der Waals surface area contributed by atoms with Crippen LogP contribution in [-0.4, -0.2) is 29.7 Å². The Hall–Kier alpha value is -2.64. The standard InChI is InChI=1S/C13H16N2O6/c1-13(2,3)21-12(17)14-10-7-8(15(18)19)5-6-9(10)11(16)20-4/h5-7H,1-4H3,(H,14,17). The lowest BCUT2D eigenvalue weighted by Crippen LogP contribution is -2.27. The molecule has 0 bridgehead atoms. The number of amides is 1. The lowest BCUT2D eigenvalue weighted by Gasteiger charge is -2.20. The summed E-state index contributed by atoms with van der Waals surface area (Å²) in [5.74, 6) is -0.726. The SMILES string of the molecule is COC(=O)c1ccc([N+](=O)[O-])cc1NC(=O)OC(C)(C)C. The Bertz CT molecular complexity index is 577. The minimum Gasteiger partial charge on any atom is -0.465 e. The first-order valence-electron chi connectivity index (χ1n) is 6.01. The van der Waals surface area contributed by atoms with Crippen LogP contribution in [0.5, 0.6) is 0 Å². The zero-order valence-corrected chi connectivity index (χ0v) is 12.1. The Morgan fingerprint density at radius 2 is 1.90 bits per heavy atom. The van der Waals surface area contributed by atoms with Crippen molar-refractivity contribution in [3.63, 3.8) is 0 Å². The van der Waals surface area contributed by atoms with E-state index in [-0.39, 0.29) is 16.9 Å². The van der Waals surface area contributed by atoms with Crippen molar-refractivity contribution in [2.75, 3.05) is 12.4 Å². The van der Waals surface area contributed by atoms with Gasteiger partial charge < -0.3 is 9.47 Å². The van der Waals surface area contributed by atoms with Crippen molar-refractivity contribution in [2.45, 2.75) is 26.4 Å². The second-order valence-electron chi connectivity index (χ2n) is 5.11. The fourth-order valence-corrected chi connectivity index (χ4v) is 1.45. The molecule has 0 unspecified atom stereocenters. The van der Waals surface area contributed by atoms with Gasteiger partial charge in [-0.05, 0) is 26.8 Å². The van der Waals surface area contributed by atoms with Crippen molar-refractivity contribution in [3.8, 4) is 0 Å². The van der Waals surface area contributed by atoms with Crippen LogP contribution in [0, 0.1) is 10.1 Å². The number of nitrogens with zero attached hydrogens (tertiary/aromatic N) is 1. The largest absolute Gasteiger partial charge is 0.465 e. The van der Waals surface area contributed by atoms with Crippen molar-refractivity contribution in [1.29, 1.82) is 0 Å². The Labute approximate surface area is 121 Å². The van der Waals surface area contributed by atoms with Gasteiger partial charge in [0.05, 0.1) is 23.3 Å². The van der Waals surface area contributed by atoms with E-state index >= 15 is 0 Å². The molecule has 0 spiro atoms. The molecule has 0 atom stereocenters. The molecule has 0 heterocycles. The van der Waals surface area contributed by atoms with Crippen LogP contribution < -0.4 is 5.32 Å². The summed E-state index contributed by atoms with van der Waals surface area (Å²) in [7, 11) is 1.17. The van der Waals surface area contributed by atoms with Gasteiger partial charge >= 0.3 is 12.1 Å². The molecule has 114 valence electrons. The van der Waals surface area contributed by atoms with E-state index in [0.29, 0.717) is 0 Å². The van der Waals surface area contributed by atoms with Gasteiger partial charge in [0.15, 0.2) is 0 Å². The third kappa shape index (κ3) is 4.75. The van der Waals surface area contributed by atoms with Gasteiger partial charge in [-0.15, -0.1) is 0 Å². The van der Waals surface area contributed by atoms with Gasteiger partial charge in [-0.2, -0.15) is 0 Å². The number of non-ortho nitro benzene ring substituents is 1. The number of methoxy groups -OCH3 is 1. The molecule has 0 fully saturated rings. The second-order valence-corrected chi connectivity index (χ2v) is 5.11. The van der Waals surface area contributed by atoms with Crippen LogP contribution in [0.25, 0.3) is 0 Å². The second kappa shape index (κ2) is 6.21. The third-order valence-electron chi connectivity index (χ3n) is 2.25. The number of nitrogens with one attached hydrogen (secondary N) is 1. The van der Waals surface area contributed by atoms with Gasteiger partial charge in [-0.25, -0.2) is 9.59 Å². The van der Waals surface area contributed by atoms with Gasteiger partial charge in [-0.3, -0.25) is 15.4 Å². The first-order valence-corrected chi connectivity index (χ1v) is 6.01. The smallest absolute Gasteiger partial charge is 0.412 e. The Morgan fingerprint density at radius 1 is 1.29 bits per heavy atom. The number of carbonyl (C=O) groups excluding carboxylic acids is 2. The van der Waals surface area contributed by atoms with Crippen LogP contribution >= 0.6 is 0 Å². The minimum atomic E-state index is -0.826. The maximum absolute atomic E-state index is 11.7. The number of rotatable bonds is 3. The molecule has 8 heteroatoms. The van der Waals surface area contributed by atoms with E-state index in [1.165, 1.54) is 13.2 Å². The van der Waals surface area contributed by atoms with Gasteiger partial charge in [0.2, 0.25) is 0 Å². The average molecular weight is 296 g/mol. The van der Waals surface area contributed by atoms with Crippen molar-refractivity contribution >= 4 is 23.4 Å². The van der Waals surface area contributed by atoms with E-state index in [1.807, 2.05) is 0 Å². The average Bonchev–Trinajstić information content (AvgIpc) is 2.35. The summed E-state index contributed by atoms with van der Waals surface area (Å²) in [6.45, 7) is 5.00. The number of ether oxygens (including phenoxy) is 2. The van der Waals surface area contributed by atoms with Crippen LogP contribution in [-0.2, 0) is 9.47 Å². The minimum absolute atomic E-state index is 0.00559.